The molecule has 0 aliphatic carbocycles. The van der Waals surface area contributed by atoms with E-state index in [1.54, 1.807) is 13.8 Å². The van der Waals surface area contributed by atoms with Crippen molar-refractivity contribution < 1.29 is 144 Å². The second-order valence-corrected chi connectivity index (χ2v) is 43.8. The molecule has 60 heteroatoms. The number of nitrogens with one attached hydrogen (secondary N) is 6. The van der Waals surface area contributed by atoms with E-state index < -0.39 is 295 Å². The van der Waals surface area contributed by atoms with E-state index in [2.05, 4.69) is 45.1 Å². The average Bonchev–Trinajstić information content (AvgIpc) is 1.65. The first-order valence-corrected chi connectivity index (χ1v) is 51.6. The molecule has 28 atom stereocenters. The Bertz CT molecular complexity index is 6480. The lowest BCUT2D eigenvalue weighted by molar-refractivity contribution is -0.0747. The molecule has 6 aromatic heterocycles. The minimum absolute atomic E-state index is 0.0163. The summed E-state index contributed by atoms with van der Waals surface area (Å²) in [4.78, 5) is 170. The lowest BCUT2D eigenvalue weighted by Gasteiger charge is -2.38. The molecule has 6 saturated heterocycles. The van der Waals surface area contributed by atoms with Gasteiger partial charge in [-0.2, -0.15) is 26.3 Å². The maximum Gasteiger partial charge on any atom is 0.330 e. The van der Waals surface area contributed by atoms with Gasteiger partial charge in [0.2, 0.25) is 10.8 Å². The third kappa shape index (κ3) is 28.6. The fourth-order valence-corrected chi connectivity index (χ4v) is 21.2. The van der Waals surface area contributed by atoms with Gasteiger partial charge in [-0.25, -0.2) is 44.4 Å². The van der Waals surface area contributed by atoms with Gasteiger partial charge >= 0.3 is 51.1 Å². The first-order valence-electron chi connectivity index (χ1n) is 47.6. The van der Waals surface area contributed by atoms with Gasteiger partial charge in [-0.3, -0.25) is 99.8 Å². The summed E-state index contributed by atoms with van der Waals surface area (Å²) in [6, 6.07) is -0.372. The van der Waals surface area contributed by atoms with Crippen molar-refractivity contribution in [1.82, 2.24) is 62.0 Å². The molecule has 0 bridgehead atoms. The molecule has 12 heterocycles. The van der Waals surface area contributed by atoms with Gasteiger partial charge in [0.15, 0.2) is 43.5 Å². The van der Waals surface area contributed by atoms with Gasteiger partial charge in [-0.1, -0.05) is 13.8 Å². The van der Waals surface area contributed by atoms with Crippen molar-refractivity contribution in [2.75, 3.05) is 90.0 Å². The van der Waals surface area contributed by atoms with Crippen LogP contribution in [0, 0.1) is 60.0 Å². The van der Waals surface area contributed by atoms with E-state index in [1.807, 2.05) is 37.3 Å². The Kier molecular flexibility index (Phi) is 41.4. The number of H-pyrrole nitrogens is 6. The SMILES string of the molecule is CO[C@@H]1[C@H](C)[C@@H](CC(F)(F)P(C)(=O)O)O[C@H]1n1cc(C)c(=O)[nH]c1=O.[2H]C[C@H]1O[C@@H](n2cc(C)c(=O)[nH]c2=O)[C@H](OC)[C@@H]1O.[2H]C[C@H]1O[C@@H](n2cc(C)c(=O)[nH]c2=O)[C@H](OC)[C@@H]1OP(C)(=O)C(F)(F)C[C@H]1O[C@@H](n2cc(C)c(=O)[nH]c2=O)[C@H](F)[C@@H]1C.[2H]C[C@H]1O[C@@H](n2cc(C)c(=O)[nH]c2=O)[C@H](OC)[C@@H]1OP(C)(=O)C(F)(F)C[C@H]1O[C@@H](n2cc(C)c(=O)[nH]c2=O)[C@H](OC)[C@@H]1OP(OCC[N+]#[C-])N(C(C)C)C(C)C.[3H]OC.[3H]OC.[3H]OC. The molecular formula is C85H131F7N14O35P4. The molecule has 49 nitrogen and oxygen atoms in total. The third-order valence-electron chi connectivity index (χ3n) is 24.1. The maximum absolute atomic E-state index is 16.7. The first-order chi connectivity index (χ1) is 70.4. The largest absolute Gasteiger partial charge is 0.400 e. The number of aromatic amines is 6. The van der Waals surface area contributed by atoms with Gasteiger partial charge in [-0.05, 0) is 89.9 Å². The van der Waals surface area contributed by atoms with E-state index in [1.165, 1.54) is 134 Å². The first kappa shape index (κ1) is 115. The summed E-state index contributed by atoms with van der Waals surface area (Å²) >= 11 is 0. The van der Waals surface area contributed by atoms with Gasteiger partial charge in [0.25, 0.3) is 64.0 Å². The van der Waals surface area contributed by atoms with Crippen molar-refractivity contribution in [2.45, 2.75) is 287 Å². The number of halogens is 7. The summed E-state index contributed by atoms with van der Waals surface area (Å²) in [5.41, 5.74) is -19.8. The van der Waals surface area contributed by atoms with Crippen molar-refractivity contribution in [3.63, 3.8) is 0 Å². The molecule has 0 amide bonds. The highest BCUT2D eigenvalue weighted by molar-refractivity contribution is 7.59. The highest BCUT2D eigenvalue weighted by atomic mass is 31.2. The van der Waals surface area contributed by atoms with Crippen LogP contribution in [0.3, 0.4) is 0 Å². The maximum atomic E-state index is 16.7. The second-order valence-electron chi connectivity index (χ2n) is 34.8. The quantitative estimate of drug-likeness (QED) is 0.0120. The van der Waals surface area contributed by atoms with Crippen LogP contribution in [-0.4, -0.2) is 308 Å². The Hall–Kier alpha value is -8.64. The van der Waals surface area contributed by atoms with E-state index in [0.29, 0.717) is 18.9 Å². The fourth-order valence-electron chi connectivity index (χ4n) is 16.1. The number of methoxy groups -OCH3 is 5. The van der Waals surface area contributed by atoms with E-state index in [4.69, 9.17) is 85.2 Å². The number of nitrogens with zero attached hydrogens (tertiary/aromatic N) is 8. The van der Waals surface area contributed by atoms with E-state index in [0.717, 1.165) is 35.7 Å². The molecule has 0 aromatic carbocycles. The molecule has 12 rings (SSSR count). The van der Waals surface area contributed by atoms with Gasteiger partial charge < -0.3 is 100 Å². The predicted octanol–water partition coefficient (Wildman–Crippen LogP) is 4.52. The average molecular weight is 2170 g/mol. The molecule has 820 valence electrons. The Morgan fingerprint density at radius 2 is 0.724 bits per heavy atom. The zero-order chi connectivity index (χ0) is 115. The van der Waals surface area contributed by atoms with Crippen molar-refractivity contribution in [1.29, 1.82) is 4.29 Å². The smallest absolute Gasteiger partial charge is 0.330 e. The van der Waals surface area contributed by atoms with E-state index >= 15 is 22.0 Å². The highest BCUT2D eigenvalue weighted by Gasteiger charge is 2.62. The number of hydrogen-bond acceptors (Lipinski definition) is 35. The van der Waals surface area contributed by atoms with Crippen LogP contribution in [0.15, 0.2) is 94.7 Å². The van der Waals surface area contributed by atoms with Crippen LogP contribution in [-0.2, 0) is 83.9 Å². The van der Waals surface area contributed by atoms with Gasteiger partial charge in [0.05, 0.1) is 43.0 Å². The zero-order valence-corrected chi connectivity index (χ0v) is 87.1. The standard InChI is InChI=1S/C33H50F2N6O12P2.C24H32F3N4O9P.C14H21F2N2O6P.C11H16N2O5.3CH4O/c1-17(2)41(18(3)4)54(49-13-12-36-8)52-24-22(51-30(26(24)48-10)40-16-20(6)28(43)38-32(40)45)14-33(34,35)55(11,46)53-23-21(7)50-29(25(23)47-9)39-15-19(5)27(42)37-31(39)44;1-10-8-30(22(34)28-18(10)32)20-15(25)12(3)14(39-20)7-24(26,27)41(6,36)40-16-13(4)38-21(17(16)37-5)31-9-11(2)19(33)29-23(31)35;1-7-6-18(13(20)17-11(7)19)12-10(23-3)8(2)9(24-12)5-14(15,16)25(4,21)22;1-5-4-13(11(16)12-9(5)15)10-8(17-3)7(14)6(2)18-10;3*1-2/h15-18,21-26,29-30H,12-14H2,1-7,9-11H3,(H,37,42,44)(H,38,43,45);8-9,12-17,20-21H,7H2,1-6H3,(H,28,32,34)(H,29,33,35);6,8-10,12H,5H2,1-4H3,(H,21,22)(H,17,19,20);4,6-8,10,14H,1-3H3,(H,12,15,16);3*2H,1H3/t21-,22-,23-,24-,25-,26-,29-,30-,54?,55?;12-,13-,14-,15-,16-,17-,20-,21-,41?;8-,9-,10-,12-;6-,7-,8-,10-;;;/m1111.../s1/i7D;4D;;2D;3*2T. The number of rotatable bonds is 32. The molecule has 0 spiro atoms. The van der Waals surface area contributed by atoms with Crippen molar-refractivity contribution in [3.05, 3.63) is 207 Å². The minimum Gasteiger partial charge on any atom is -0.400 e. The molecule has 4 unspecified atom stereocenters. The Morgan fingerprint density at radius 3 is 1.03 bits per heavy atom. The number of aliphatic hydroxyl groups excluding tert-OH is 4. The summed E-state index contributed by atoms with van der Waals surface area (Å²) in [7, 11) is -6.55. The van der Waals surface area contributed by atoms with Crippen LogP contribution in [0.25, 0.3) is 4.85 Å². The second kappa shape index (κ2) is 52.2. The molecule has 6 aliphatic heterocycles. The Labute approximate surface area is 834 Å². The Morgan fingerprint density at radius 1 is 0.455 bits per heavy atom. The monoisotopic (exact) mass is 2170 g/mol. The van der Waals surface area contributed by atoms with Crippen LogP contribution < -0.4 is 67.5 Å². The molecule has 6 fully saturated rings. The summed E-state index contributed by atoms with van der Waals surface area (Å²) in [6.07, 6.45) is -24.1. The van der Waals surface area contributed by atoms with Crippen LogP contribution in [0.5, 0.6) is 0 Å². The van der Waals surface area contributed by atoms with Crippen molar-refractivity contribution in [3.8, 4) is 0 Å². The number of alkyl halides is 7. The number of ether oxygens (including phenoxy) is 11. The van der Waals surface area contributed by atoms with Crippen LogP contribution in [0.2, 0.25) is 0 Å². The lowest BCUT2D eigenvalue weighted by Crippen LogP contribution is -2.43. The van der Waals surface area contributed by atoms with Gasteiger partial charge in [-0.15, -0.1) is 0 Å². The van der Waals surface area contributed by atoms with Gasteiger partial charge in [0, 0.05) is 188 Å². The molecule has 11 N–H and O–H groups in total. The summed E-state index contributed by atoms with van der Waals surface area (Å²) in [5, 5.41) is 20.4. The number of aromatic nitrogens is 12. The summed E-state index contributed by atoms with van der Waals surface area (Å²) in [5.74, 6) is -1.74. The minimum atomic E-state index is -5.11. The molecule has 145 heavy (non-hydrogen) atoms. The predicted molar refractivity (Wildman–Crippen MR) is 507 cm³/mol. The zero-order valence-electron chi connectivity index (χ0n) is 89.5. The molecule has 6 aromatic rings. The lowest BCUT2D eigenvalue weighted by atomic mass is 9.98. The van der Waals surface area contributed by atoms with Crippen LogP contribution in [0.1, 0.15) is 156 Å². The topological polar surface area (TPSA) is 628 Å². The highest BCUT2D eigenvalue weighted by Crippen LogP contribution is 2.66. The normalized spacial score (nSPS) is 29.1. The molecular weight excluding hydrogens is 2030 g/mol. The summed E-state index contributed by atoms with van der Waals surface area (Å²) < 4.78 is 280. The van der Waals surface area contributed by atoms with Gasteiger partial charge in [0.1, 0.15) is 61.5 Å². The number of aryl methyl sites for hydroxylation is 6. The molecule has 0 radical (unpaired) electrons. The third-order valence-corrected chi connectivity index (χ3v) is 31.6. The number of hydrogen-bond donors (Lipinski definition) is 11. The van der Waals surface area contributed by atoms with Crippen molar-refractivity contribution in [2.24, 2.45) is 11.8 Å². The van der Waals surface area contributed by atoms with Crippen molar-refractivity contribution >= 4 is 30.6 Å². The number of aliphatic hydroxyl groups is 4. The fraction of sp³-hybridized carbons (Fsp3) is 0.706. The van der Waals surface area contributed by atoms with Crippen LogP contribution >= 0.6 is 30.6 Å². The summed E-state index contributed by atoms with van der Waals surface area (Å²) in [6.45, 7) is 27.0. The van der Waals surface area contributed by atoms with Crippen LogP contribution in [0.4, 0.5) is 30.7 Å². The van der Waals surface area contributed by atoms with E-state index in [-0.39, 0.29) is 60.0 Å². The molecule has 6 aliphatic rings. The molecule has 0 saturated carbocycles. The van der Waals surface area contributed by atoms with E-state index in [9.17, 15) is 90.0 Å². The Balaban J connectivity index is 0.000000319.